The average Bonchev–Trinajstić information content (AvgIpc) is 3.24. The van der Waals surface area contributed by atoms with E-state index in [0.717, 1.165) is 36.7 Å². The number of likely N-dealkylation sites (tertiary alicyclic amines) is 1. The van der Waals surface area contributed by atoms with Gasteiger partial charge in [0.15, 0.2) is 0 Å². The molecule has 3 rings (SSSR count). The zero-order valence-corrected chi connectivity index (χ0v) is 15.1. The number of nitrogens with zero attached hydrogens (tertiary/aromatic N) is 2. The molecule has 1 aromatic carbocycles. The Morgan fingerprint density at radius 3 is 2.60 bits per heavy atom. The molecule has 1 aromatic heterocycles. The van der Waals surface area contributed by atoms with Gasteiger partial charge in [0.1, 0.15) is 5.76 Å². The molecule has 25 heavy (non-hydrogen) atoms. The fourth-order valence-electron chi connectivity index (χ4n) is 3.51. The SMILES string of the molecule is Cc1noc(C)c1CCC(=O)N[C@H](CN1CCCC1)c1ccccc1. The lowest BCUT2D eigenvalue weighted by Gasteiger charge is -2.25. The highest BCUT2D eigenvalue weighted by Crippen LogP contribution is 2.19. The molecule has 1 aliphatic rings. The molecule has 0 radical (unpaired) electrons. The molecule has 2 aromatic rings. The first kappa shape index (κ1) is 17.7. The summed E-state index contributed by atoms with van der Waals surface area (Å²) >= 11 is 0. The average molecular weight is 341 g/mol. The Labute approximate surface area is 149 Å². The fraction of sp³-hybridized carbons (Fsp3) is 0.500. The topological polar surface area (TPSA) is 58.4 Å². The molecule has 1 saturated heterocycles. The summed E-state index contributed by atoms with van der Waals surface area (Å²) in [6, 6.07) is 10.3. The van der Waals surface area contributed by atoms with Crippen LogP contribution in [0.4, 0.5) is 0 Å². The molecule has 0 spiro atoms. The van der Waals surface area contributed by atoms with Crippen molar-refractivity contribution in [3.8, 4) is 0 Å². The molecule has 5 nitrogen and oxygen atoms in total. The highest BCUT2D eigenvalue weighted by molar-refractivity contribution is 5.76. The van der Waals surface area contributed by atoms with Crippen LogP contribution in [0.5, 0.6) is 0 Å². The van der Waals surface area contributed by atoms with E-state index in [-0.39, 0.29) is 11.9 Å². The Morgan fingerprint density at radius 2 is 1.96 bits per heavy atom. The number of rotatable bonds is 7. The van der Waals surface area contributed by atoms with Gasteiger partial charge in [-0.3, -0.25) is 4.79 Å². The molecule has 0 aliphatic carbocycles. The first-order valence-electron chi connectivity index (χ1n) is 9.12. The Bertz CT molecular complexity index is 671. The summed E-state index contributed by atoms with van der Waals surface area (Å²) in [5.41, 5.74) is 3.09. The number of nitrogens with one attached hydrogen (secondary N) is 1. The van der Waals surface area contributed by atoms with Gasteiger partial charge in [0, 0.05) is 18.5 Å². The van der Waals surface area contributed by atoms with E-state index in [0.29, 0.717) is 12.8 Å². The Kier molecular flexibility index (Phi) is 5.87. The maximum absolute atomic E-state index is 12.5. The molecule has 1 amide bonds. The standard InChI is InChI=1S/C20H27N3O2/c1-15-18(16(2)25-22-15)10-11-20(24)21-19(14-23-12-6-7-13-23)17-8-4-3-5-9-17/h3-5,8-9,19H,6-7,10-14H2,1-2H3,(H,21,24)/t19-/m1/s1. The summed E-state index contributed by atoms with van der Waals surface area (Å²) < 4.78 is 5.18. The van der Waals surface area contributed by atoms with Crippen LogP contribution in [0.3, 0.4) is 0 Å². The van der Waals surface area contributed by atoms with Gasteiger partial charge < -0.3 is 14.7 Å². The largest absolute Gasteiger partial charge is 0.361 e. The van der Waals surface area contributed by atoms with Gasteiger partial charge in [-0.05, 0) is 51.8 Å². The van der Waals surface area contributed by atoms with E-state index in [1.54, 1.807) is 0 Å². The van der Waals surface area contributed by atoms with Crippen LogP contribution in [-0.2, 0) is 11.2 Å². The summed E-state index contributed by atoms with van der Waals surface area (Å²) in [6.07, 6.45) is 3.62. The molecule has 134 valence electrons. The number of benzene rings is 1. The lowest BCUT2D eigenvalue weighted by atomic mass is 10.0. The van der Waals surface area contributed by atoms with E-state index in [1.165, 1.54) is 18.4 Å². The van der Waals surface area contributed by atoms with E-state index in [9.17, 15) is 4.79 Å². The van der Waals surface area contributed by atoms with Gasteiger partial charge in [0.2, 0.25) is 5.91 Å². The van der Waals surface area contributed by atoms with E-state index >= 15 is 0 Å². The Hall–Kier alpha value is -2.14. The third-order valence-corrected chi connectivity index (χ3v) is 4.96. The van der Waals surface area contributed by atoms with E-state index in [1.807, 2.05) is 32.0 Å². The second-order valence-corrected chi connectivity index (χ2v) is 6.84. The number of aromatic nitrogens is 1. The van der Waals surface area contributed by atoms with Crippen molar-refractivity contribution in [1.29, 1.82) is 0 Å². The number of hydrogen-bond donors (Lipinski definition) is 1. The number of hydrogen-bond acceptors (Lipinski definition) is 4. The molecule has 0 unspecified atom stereocenters. The Balaban J connectivity index is 1.61. The number of aryl methyl sites for hydroxylation is 2. The number of carbonyl (C=O) groups excluding carboxylic acids is 1. The van der Waals surface area contributed by atoms with Crippen molar-refractivity contribution in [3.05, 3.63) is 52.9 Å². The predicted octanol–water partition coefficient (Wildman–Crippen LogP) is 3.18. The van der Waals surface area contributed by atoms with Gasteiger partial charge in [-0.1, -0.05) is 35.5 Å². The van der Waals surface area contributed by atoms with Crippen molar-refractivity contribution in [2.24, 2.45) is 0 Å². The lowest BCUT2D eigenvalue weighted by molar-refractivity contribution is -0.121. The van der Waals surface area contributed by atoms with Crippen LogP contribution < -0.4 is 5.32 Å². The van der Waals surface area contributed by atoms with Gasteiger partial charge in [-0.15, -0.1) is 0 Å². The molecule has 1 N–H and O–H groups in total. The van der Waals surface area contributed by atoms with Crippen LogP contribution in [0.25, 0.3) is 0 Å². The highest BCUT2D eigenvalue weighted by atomic mass is 16.5. The second kappa shape index (κ2) is 8.30. The van der Waals surface area contributed by atoms with Gasteiger partial charge in [-0.2, -0.15) is 0 Å². The predicted molar refractivity (Wildman–Crippen MR) is 97.3 cm³/mol. The first-order chi connectivity index (χ1) is 12.1. The van der Waals surface area contributed by atoms with Gasteiger partial charge >= 0.3 is 0 Å². The molecule has 1 fully saturated rings. The summed E-state index contributed by atoms with van der Waals surface area (Å²) in [6.45, 7) is 6.94. The minimum atomic E-state index is 0.0384. The molecule has 2 heterocycles. The lowest BCUT2D eigenvalue weighted by Crippen LogP contribution is -2.37. The van der Waals surface area contributed by atoms with Crippen LogP contribution in [0.15, 0.2) is 34.9 Å². The van der Waals surface area contributed by atoms with Crippen molar-refractivity contribution < 1.29 is 9.32 Å². The van der Waals surface area contributed by atoms with Crippen LogP contribution in [0, 0.1) is 13.8 Å². The smallest absolute Gasteiger partial charge is 0.220 e. The van der Waals surface area contributed by atoms with Crippen molar-refractivity contribution >= 4 is 5.91 Å². The number of amides is 1. The quantitative estimate of drug-likeness (QED) is 0.840. The second-order valence-electron chi connectivity index (χ2n) is 6.84. The molecule has 5 heteroatoms. The van der Waals surface area contributed by atoms with E-state index < -0.39 is 0 Å². The third kappa shape index (κ3) is 4.69. The highest BCUT2D eigenvalue weighted by Gasteiger charge is 2.21. The van der Waals surface area contributed by atoms with E-state index in [4.69, 9.17) is 4.52 Å². The molecule has 1 aliphatic heterocycles. The first-order valence-corrected chi connectivity index (χ1v) is 9.12. The minimum Gasteiger partial charge on any atom is -0.361 e. The Morgan fingerprint density at radius 1 is 1.24 bits per heavy atom. The molecular formula is C20H27N3O2. The normalized spacial score (nSPS) is 16.1. The van der Waals surface area contributed by atoms with Crippen LogP contribution in [0.1, 0.15) is 47.9 Å². The molecular weight excluding hydrogens is 314 g/mol. The third-order valence-electron chi connectivity index (χ3n) is 4.96. The van der Waals surface area contributed by atoms with Crippen molar-refractivity contribution in [2.45, 2.75) is 45.6 Å². The van der Waals surface area contributed by atoms with Gasteiger partial charge in [-0.25, -0.2) is 0 Å². The van der Waals surface area contributed by atoms with Crippen molar-refractivity contribution in [3.63, 3.8) is 0 Å². The van der Waals surface area contributed by atoms with Crippen molar-refractivity contribution in [2.75, 3.05) is 19.6 Å². The maximum atomic E-state index is 12.5. The summed E-state index contributed by atoms with van der Waals surface area (Å²) in [5, 5.41) is 7.19. The molecule has 0 saturated carbocycles. The zero-order chi connectivity index (χ0) is 17.6. The zero-order valence-electron chi connectivity index (χ0n) is 15.1. The fourth-order valence-corrected chi connectivity index (χ4v) is 3.51. The molecule has 1 atom stereocenters. The van der Waals surface area contributed by atoms with Crippen LogP contribution in [0.2, 0.25) is 0 Å². The summed E-state index contributed by atoms with van der Waals surface area (Å²) in [4.78, 5) is 15.0. The monoisotopic (exact) mass is 341 g/mol. The summed E-state index contributed by atoms with van der Waals surface area (Å²) in [5.74, 6) is 0.884. The minimum absolute atomic E-state index is 0.0384. The molecule has 0 bridgehead atoms. The van der Waals surface area contributed by atoms with Gasteiger partial charge in [0.25, 0.3) is 0 Å². The maximum Gasteiger partial charge on any atom is 0.220 e. The summed E-state index contributed by atoms with van der Waals surface area (Å²) in [7, 11) is 0. The van der Waals surface area contributed by atoms with Gasteiger partial charge in [0.05, 0.1) is 11.7 Å². The van der Waals surface area contributed by atoms with E-state index in [2.05, 4.69) is 27.5 Å². The van der Waals surface area contributed by atoms with Crippen molar-refractivity contribution in [1.82, 2.24) is 15.4 Å². The van der Waals surface area contributed by atoms with Crippen LogP contribution in [-0.4, -0.2) is 35.6 Å². The number of carbonyl (C=O) groups is 1. The van der Waals surface area contributed by atoms with Crippen LogP contribution >= 0.6 is 0 Å².